The Hall–Kier alpha value is -1.56. The Morgan fingerprint density at radius 3 is 2.59 bits per heavy atom. The third-order valence-corrected chi connectivity index (χ3v) is 2.97. The zero-order valence-corrected chi connectivity index (χ0v) is 10.7. The van der Waals surface area contributed by atoms with E-state index >= 15 is 0 Å². The summed E-state index contributed by atoms with van der Waals surface area (Å²) < 4.78 is 0. The number of carbonyl (C=O) groups is 2. The Kier molecular flexibility index (Phi) is 5.48. The van der Waals surface area contributed by atoms with Gasteiger partial charge in [-0.2, -0.15) is 0 Å². The first-order chi connectivity index (χ1) is 8.09. The summed E-state index contributed by atoms with van der Waals surface area (Å²) in [6.07, 6.45) is 3.35. The number of rotatable bonds is 5. The number of thioether (sulfide) groups is 1. The maximum Gasteiger partial charge on any atom is 0.241 e. The zero-order valence-electron chi connectivity index (χ0n) is 9.84. The number of nitrogens with one attached hydrogen (secondary N) is 1. The van der Waals surface area contributed by atoms with Crippen molar-refractivity contribution in [3.8, 4) is 0 Å². The molecule has 5 nitrogen and oxygen atoms in total. The van der Waals surface area contributed by atoms with Crippen molar-refractivity contribution in [1.29, 1.82) is 0 Å². The zero-order chi connectivity index (χ0) is 12.7. The molecule has 0 spiro atoms. The highest BCUT2D eigenvalue weighted by Crippen LogP contribution is 2.15. The molecular weight excluding hydrogens is 238 g/mol. The molecule has 0 unspecified atom stereocenters. The number of carbonyl (C=O) groups excluding carboxylic acids is 2. The number of aromatic nitrogens is 1. The minimum atomic E-state index is -0.151. The van der Waals surface area contributed by atoms with Crippen LogP contribution in [0, 0.1) is 0 Å². The first-order valence-electron chi connectivity index (χ1n) is 5.09. The van der Waals surface area contributed by atoms with E-state index in [1.807, 2.05) is 12.1 Å². The van der Waals surface area contributed by atoms with Gasteiger partial charge in [-0.3, -0.25) is 14.6 Å². The lowest BCUT2D eigenvalue weighted by Crippen LogP contribution is -2.36. The minimum Gasteiger partial charge on any atom is -0.347 e. The largest absolute Gasteiger partial charge is 0.347 e. The molecule has 0 saturated carbocycles. The van der Waals surface area contributed by atoms with Gasteiger partial charge in [-0.15, -0.1) is 11.8 Å². The molecule has 1 heterocycles. The number of hydrogen-bond acceptors (Lipinski definition) is 4. The van der Waals surface area contributed by atoms with Crippen molar-refractivity contribution < 1.29 is 9.59 Å². The van der Waals surface area contributed by atoms with Gasteiger partial charge in [0, 0.05) is 31.4 Å². The molecule has 92 valence electrons. The fourth-order valence-corrected chi connectivity index (χ4v) is 1.68. The van der Waals surface area contributed by atoms with Crippen molar-refractivity contribution in [2.75, 3.05) is 26.4 Å². The first kappa shape index (κ1) is 13.5. The molecule has 0 atom stereocenters. The van der Waals surface area contributed by atoms with Gasteiger partial charge in [0.2, 0.25) is 11.8 Å². The standard InChI is InChI=1S/C11H15N3O2S/c1-14(2)11(16)7-13-10(15)8-17-9-3-5-12-6-4-9/h3-6H,7-8H2,1-2H3,(H,13,15). The number of pyridine rings is 1. The van der Waals surface area contributed by atoms with Gasteiger partial charge >= 0.3 is 0 Å². The van der Waals surface area contributed by atoms with Gasteiger partial charge in [-0.05, 0) is 12.1 Å². The van der Waals surface area contributed by atoms with Crippen molar-refractivity contribution in [2.45, 2.75) is 4.90 Å². The summed E-state index contributed by atoms with van der Waals surface area (Å²) >= 11 is 1.41. The molecule has 0 fully saturated rings. The van der Waals surface area contributed by atoms with Crippen LogP contribution < -0.4 is 5.32 Å². The van der Waals surface area contributed by atoms with E-state index in [0.717, 1.165) is 4.90 Å². The van der Waals surface area contributed by atoms with E-state index in [0.29, 0.717) is 5.75 Å². The predicted octanol–water partition coefficient (Wildman–Crippen LogP) is 0.378. The molecule has 2 amide bonds. The third kappa shape index (κ3) is 5.35. The van der Waals surface area contributed by atoms with Crippen LogP contribution in [0.1, 0.15) is 0 Å². The van der Waals surface area contributed by atoms with Crippen LogP contribution in [-0.2, 0) is 9.59 Å². The van der Waals surface area contributed by atoms with Crippen molar-refractivity contribution >= 4 is 23.6 Å². The normalized spacial score (nSPS) is 9.76. The molecule has 0 bridgehead atoms. The van der Waals surface area contributed by atoms with Gasteiger partial charge in [0.1, 0.15) is 0 Å². The molecule has 1 rings (SSSR count). The van der Waals surface area contributed by atoms with E-state index in [9.17, 15) is 9.59 Å². The third-order valence-electron chi connectivity index (χ3n) is 1.96. The molecule has 0 aliphatic heterocycles. The molecule has 0 saturated heterocycles. The summed E-state index contributed by atoms with van der Waals surface area (Å²) in [6.45, 7) is 0.0444. The Balaban J connectivity index is 2.24. The molecule has 0 aromatic carbocycles. The van der Waals surface area contributed by atoms with Gasteiger partial charge in [0.15, 0.2) is 0 Å². The quantitative estimate of drug-likeness (QED) is 0.771. The topological polar surface area (TPSA) is 62.3 Å². The number of hydrogen-bond donors (Lipinski definition) is 1. The van der Waals surface area contributed by atoms with Crippen LogP contribution in [-0.4, -0.2) is 48.1 Å². The van der Waals surface area contributed by atoms with Crippen LogP contribution in [0.5, 0.6) is 0 Å². The van der Waals surface area contributed by atoms with Crippen molar-refractivity contribution in [3.63, 3.8) is 0 Å². The predicted molar refractivity (Wildman–Crippen MR) is 66.7 cm³/mol. The summed E-state index contributed by atoms with van der Waals surface area (Å²) in [6, 6.07) is 3.67. The van der Waals surface area contributed by atoms with Crippen LogP contribution in [0.15, 0.2) is 29.4 Å². The maximum absolute atomic E-state index is 11.4. The highest BCUT2D eigenvalue weighted by atomic mass is 32.2. The van der Waals surface area contributed by atoms with E-state index in [4.69, 9.17) is 0 Å². The second-order valence-corrected chi connectivity index (χ2v) is 4.59. The summed E-state index contributed by atoms with van der Waals surface area (Å²) in [7, 11) is 3.31. The monoisotopic (exact) mass is 253 g/mol. The van der Waals surface area contributed by atoms with Crippen LogP contribution in [0.2, 0.25) is 0 Å². The second-order valence-electron chi connectivity index (χ2n) is 3.54. The lowest BCUT2D eigenvalue weighted by atomic mass is 10.5. The lowest BCUT2D eigenvalue weighted by Gasteiger charge is -2.10. The Bertz CT molecular complexity index is 382. The summed E-state index contributed by atoms with van der Waals surface area (Å²) in [5.41, 5.74) is 0. The van der Waals surface area contributed by atoms with E-state index in [1.54, 1.807) is 26.5 Å². The van der Waals surface area contributed by atoms with Crippen LogP contribution in [0.25, 0.3) is 0 Å². The smallest absolute Gasteiger partial charge is 0.241 e. The molecule has 6 heteroatoms. The fourth-order valence-electron chi connectivity index (χ4n) is 0.967. The SMILES string of the molecule is CN(C)C(=O)CNC(=O)CSc1ccncc1. The van der Waals surface area contributed by atoms with Crippen LogP contribution in [0.3, 0.4) is 0 Å². The molecule has 1 aromatic heterocycles. The van der Waals surface area contributed by atoms with Crippen molar-refractivity contribution in [2.24, 2.45) is 0 Å². The van der Waals surface area contributed by atoms with Gasteiger partial charge in [0.25, 0.3) is 0 Å². The first-order valence-corrected chi connectivity index (χ1v) is 6.08. The lowest BCUT2D eigenvalue weighted by molar-refractivity contribution is -0.130. The number of amides is 2. The van der Waals surface area contributed by atoms with E-state index < -0.39 is 0 Å². The average molecular weight is 253 g/mol. The van der Waals surface area contributed by atoms with Crippen LogP contribution >= 0.6 is 11.8 Å². The number of likely N-dealkylation sites (N-methyl/N-ethyl adjacent to an activating group) is 1. The van der Waals surface area contributed by atoms with Crippen molar-refractivity contribution in [1.82, 2.24) is 15.2 Å². The molecule has 0 radical (unpaired) electrons. The van der Waals surface area contributed by atoms with Gasteiger partial charge in [-0.25, -0.2) is 0 Å². The molecular formula is C11H15N3O2S. The fraction of sp³-hybridized carbons (Fsp3) is 0.364. The van der Waals surface area contributed by atoms with E-state index in [1.165, 1.54) is 16.7 Å². The van der Waals surface area contributed by atoms with Gasteiger partial charge in [0.05, 0.1) is 12.3 Å². The van der Waals surface area contributed by atoms with E-state index in [2.05, 4.69) is 10.3 Å². The van der Waals surface area contributed by atoms with Crippen LogP contribution in [0.4, 0.5) is 0 Å². The number of nitrogens with zero attached hydrogens (tertiary/aromatic N) is 2. The maximum atomic E-state index is 11.4. The van der Waals surface area contributed by atoms with E-state index in [-0.39, 0.29) is 18.4 Å². The average Bonchev–Trinajstić information content (AvgIpc) is 2.34. The summed E-state index contributed by atoms with van der Waals surface area (Å²) in [5, 5.41) is 2.57. The molecule has 17 heavy (non-hydrogen) atoms. The molecule has 1 aromatic rings. The highest BCUT2D eigenvalue weighted by Gasteiger charge is 2.07. The van der Waals surface area contributed by atoms with Gasteiger partial charge < -0.3 is 10.2 Å². The Morgan fingerprint density at radius 1 is 1.35 bits per heavy atom. The Labute approximate surface area is 105 Å². The Morgan fingerprint density at radius 2 is 2.00 bits per heavy atom. The molecule has 1 N–H and O–H groups in total. The molecule has 0 aliphatic rings. The second kappa shape index (κ2) is 6.90. The molecule has 0 aliphatic carbocycles. The minimum absolute atomic E-state index is 0.0444. The highest BCUT2D eigenvalue weighted by molar-refractivity contribution is 8.00. The summed E-state index contributed by atoms with van der Waals surface area (Å²) in [5.74, 6) is 0.0272. The van der Waals surface area contributed by atoms with Crippen molar-refractivity contribution in [3.05, 3.63) is 24.5 Å². The van der Waals surface area contributed by atoms with Gasteiger partial charge in [-0.1, -0.05) is 0 Å². The summed E-state index contributed by atoms with van der Waals surface area (Å²) in [4.78, 5) is 29.0.